The first-order chi connectivity index (χ1) is 13.0. The number of likely N-dealkylation sites (tertiary alicyclic amines) is 1. The van der Waals surface area contributed by atoms with Crippen LogP contribution in [0.3, 0.4) is 0 Å². The minimum atomic E-state index is -0.366. The second-order valence-electron chi connectivity index (χ2n) is 7.68. The zero-order chi connectivity index (χ0) is 19.2. The van der Waals surface area contributed by atoms with Crippen molar-refractivity contribution in [2.45, 2.75) is 26.2 Å². The second-order valence-corrected chi connectivity index (χ2v) is 7.68. The van der Waals surface area contributed by atoms with Gasteiger partial charge in [0.25, 0.3) is 5.91 Å². The summed E-state index contributed by atoms with van der Waals surface area (Å²) in [5.74, 6) is -0.000963. The second kappa shape index (κ2) is 9.14. The van der Waals surface area contributed by atoms with Gasteiger partial charge < -0.3 is 9.80 Å². The first kappa shape index (κ1) is 19.6. The zero-order valence-electron chi connectivity index (χ0n) is 16.3. The Bertz CT molecular complexity index is 776. The van der Waals surface area contributed by atoms with Gasteiger partial charge in [0.15, 0.2) is 0 Å². The third kappa shape index (κ3) is 5.39. The van der Waals surface area contributed by atoms with E-state index in [1.165, 1.54) is 29.7 Å². The molecular formula is C23H29FN2O. The number of nitrogens with zero attached hydrogens (tertiary/aromatic N) is 2. The molecule has 0 N–H and O–H groups in total. The highest BCUT2D eigenvalue weighted by Crippen LogP contribution is 2.19. The Kier molecular flexibility index (Phi) is 6.62. The quantitative estimate of drug-likeness (QED) is 0.764. The molecule has 27 heavy (non-hydrogen) atoms. The monoisotopic (exact) mass is 368 g/mol. The third-order valence-corrected chi connectivity index (χ3v) is 5.51. The van der Waals surface area contributed by atoms with Gasteiger partial charge in [-0.1, -0.05) is 30.3 Å². The van der Waals surface area contributed by atoms with Crippen LogP contribution in [0, 0.1) is 18.7 Å². The highest BCUT2D eigenvalue weighted by molar-refractivity contribution is 5.94. The number of amides is 1. The molecule has 3 rings (SSSR count). The van der Waals surface area contributed by atoms with Crippen LogP contribution in [-0.2, 0) is 6.42 Å². The van der Waals surface area contributed by atoms with E-state index < -0.39 is 0 Å². The van der Waals surface area contributed by atoms with E-state index in [4.69, 9.17) is 0 Å². The van der Waals surface area contributed by atoms with Crippen LogP contribution < -0.4 is 0 Å². The molecule has 0 radical (unpaired) electrons. The van der Waals surface area contributed by atoms with Crippen molar-refractivity contribution >= 4 is 5.91 Å². The van der Waals surface area contributed by atoms with E-state index in [0.717, 1.165) is 39.0 Å². The lowest BCUT2D eigenvalue weighted by Crippen LogP contribution is -2.42. The lowest BCUT2D eigenvalue weighted by atomic mass is 9.96. The van der Waals surface area contributed by atoms with Gasteiger partial charge in [0.2, 0.25) is 0 Å². The molecule has 144 valence electrons. The molecule has 1 amide bonds. The fraction of sp³-hybridized carbons (Fsp3) is 0.435. The van der Waals surface area contributed by atoms with Crippen molar-refractivity contribution in [3.05, 3.63) is 71.0 Å². The highest BCUT2D eigenvalue weighted by atomic mass is 19.1. The van der Waals surface area contributed by atoms with E-state index in [-0.39, 0.29) is 11.7 Å². The van der Waals surface area contributed by atoms with Crippen LogP contribution in [0.4, 0.5) is 4.39 Å². The van der Waals surface area contributed by atoms with E-state index in [1.807, 2.05) is 7.05 Å². The zero-order valence-corrected chi connectivity index (χ0v) is 16.3. The summed E-state index contributed by atoms with van der Waals surface area (Å²) in [5.41, 5.74) is 3.19. The molecule has 1 aliphatic heterocycles. The SMILES string of the molecule is Cc1ccccc1CCN1CCCC(CN(C)C(=O)c2cccc(F)c2)C1. The molecule has 3 nitrogen and oxygen atoms in total. The summed E-state index contributed by atoms with van der Waals surface area (Å²) in [6.45, 7) is 6.09. The molecule has 2 aromatic carbocycles. The molecule has 1 heterocycles. The van der Waals surface area contributed by atoms with Crippen molar-refractivity contribution in [1.82, 2.24) is 9.80 Å². The van der Waals surface area contributed by atoms with Crippen LogP contribution in [0.25, 0.3) is 0 Å². The third-order valence-electron chi connectivity index (χ3n) is 5.51. The predicted molar refractivity (Wildman–Crippen MR) is 107 cm³/mol. The number of benzene rings is 2. The number of carbonyl (C=O) groups is 1. The van der Waals surface area contributed by atoms with Gasteiger partial charge >= 0.3 is 0 Å². The van der Waals surface area contributed by atoms with Gasteiger partial charge in [-0.2, -0.15) is 0 Å². The Balaban J connectivity index is 1.52. The average Bonchev–Trinajstić information content (AvgIpc) is 2.67. The summed E-state index contributed by atoms with van der Waals surface area (Å²) >= 11 is 0. The van der Waals surface area contributed by atoms with Gasteiger partial charge in [-0.15, -0.1) is 0 Å². The molecule has 0 bridgehead atoms. The molecule has 4 heteroatoms. The molecule has 1 fully saturated rings. The highest BCUT2D eigenvalue weighted by Gasteiger charge is 2.23. The summed E-state index contributed by atoms with van der Waals surface area (Å²) in [6, 6.07) is 14.5. The fourth-order valence-corrected chi connectivity index (χ4v) is 3.98. The maximum absolute atomic E-state index is 13.4. The van der Waals surface area contributed by atoms with E-state index in [2.05, 4.69) is 36.1 Å². The van der Waals surface area contributed by atoms with Gasteiger partial charge in [0.05, 0.1) is 0 Å². The van der Waals surface area contributed by atoms with Crippen LogP contribution >= 0.6 is 0 Å². The van der Waals surface area contributed by atoms with E-state index in [9.17, 15) is 9.18 Å². The molecule has 0 aromatic heterocycles. The number of hydrogen-bond donors (Lipinski definition) is 0. The van der Waals surface area contributed by atoms with Crippen molar-refractivity contribution in [3.8, 4) is 0 Å². The van der Waals surface area contributed by atoms with Crippen molar-refractivity contribution in [1.29, 1.82) is 0 Å². The first-order valence-corrected chi connectivity index (χ1v) is 9.81. The minimum absolute atomic E-state index is 0.105. The lowest BCUT2D eigenvalue weighted by Gasteiger charge is -2.35. The van der Waals surface area contributed by atoms with Gasteiger partial charge in [0.1, 0.15) is 5.82 Å². The lowest BCUT2D eigenvalue weighted by molar-refractivity contribution is 0.0730. The molecule has 0 saturated carbocycles. The van der Waals surface area contributed by atoms with Crippen molar-refractivity contribution in [2.75, 3.05) is 33.2 Å². The van der Waals surface area contributed by atoms with E-state index >= 15 is 0 Å². The van der Waals surface area contributed by atoms with Gasteiger partial charge in [0, 0.05) is 32.2 Å². The Morgan fingerprint density at radius 1 is 1.22 bits per heavy atom. The molecule has 0 spiro atoms. The number of piperidine rings is 1. The molecule has 1 unspecified atom stereocenters. The van der Waals surface area contributed by atoms with E-state index in [0.29, 0.717) is 11.5 Å². The van der Waals surface area contributed by atoms with Gasteiger partial charge in [-0.25, -0.2) is 4.39 Å². The van der Waals surface area contributed by atoms with Crippen molar-refractivity contribution < 1.29 is 9.18 Å². The molecule has 1 aliphatic rings. The maximum Gasteiger partial charge on any atom is 0.253 e. The first-order valence-electron chi connectivity index (χ1n) is 9.81. The fourth-order valence-electron chi connectivity index (χ4n) is 3.98. The van der Waals surface area contributed by atoms with Crippen molar-refractivity contribution in [2.24, 2.45) is 5.92 Å². The number of rotatable bonds is 6. The summed E-state index contributed by atoms with van der Waals surface area (Å²) in [5, 5.41) is 0. The summed E-state index contributed by atoms with van der Waals surface area (Å²) in [7, 11) is 1.82. The van der Waals surface area contributed by atoms with Crippen LogP contribution in [0.1, 0.15) is 34.3 Å². The number of aryl methyl sites for hydroxylation is 1. The summed E-state index contributed by atoms with van der Waals surface area (Å²) in [6.07, 6.45) is 3.37. The molecule has 0 aliphatic carbocycles. The Morgan fingerprint density at radius 2 is 2.04 bits per heavy atom. The summed E-state index contributed by atoms with van der Waals surface area (Å²) < 4.78 is 13.4. The Morgan fingerprint density at radius 3 is 2.81 bits per heavy atom. The average molecular weight is 368 g/mol. The van der Waals surface area contributed by atoms with Gasteiger partial charge in [-0.05, 0) is 68.0 Å². The van der Waals surface area contributed by atoms with Crippen LogP contribution in [0.15, 0.2) is 48.5 Å². The predicted octanol–water partition coefficient (Wildman–Crippen LogP) is 4.16. The van der Waals surface area contributed by atoms with Gasteiger partial charge in [-0.3, -0.25) is 4.79 Å². The summed E-state index contributed by atoms with van der Waals surface area (Å²) in [4.78, 5) is 16.8. The standard InChI is InChI=1S/C23H29FN2O/c1-18-7-3-4-9-20(18)12-14-26-13-6-8-19(17-26)16-25(2)23(27)21-10-5-11-22(24)15-21/h3-5,7,9-11,15,19H,6,8,12-14,16-17H2,1-2H3. The number of carbonyl (C=O) groups excluding carboxylic acids is 1. The molecular weight excluding hydrogens is 339 g/mol. The molecule has 1 saturated heterocycles. The largest absolute Gasteiger partial charge is 0.341 e. The number of halogens is 1. The normalized spacial score (nSPS) is 17.7. The molecule has 1 atom stereocenters. The Labute approximate surface area is 161 Å². The van der Waals surface area contributed by atoms with Crippen LogP contribution in [-0.4, -0.2) is 48.9 Å². The van der Waals surface area contributed by atoms with Crippen LogP contribution in [0.5, 0.6) is 0 Å². The molecule has 2 aromatic rings. The maximum atomic E-state index is 13.4. The number of hydrogen-bond acceptors (Lipinski definition) is 2. The van der Waals surface area contributed by atoms with Crippen molar-refractivity contribution in [3.63, 3.8) is 0 Å². The topological polar surface area (TPSA) is 23.6 Å². The smallest absolute Gasteiger partial charge is 0.253 e. The minimum Gasteiger partial charge on any atom is -0.341 e. The van der Waals surface area contributed by atoms with E-state index in [1.54, 1.807) is 17.0 Å². The van der Waals surface area contributed by atoms with Crippen LogP contribution in [0.2, 0.25) is 0 Å². The Hall–Kier alpha value is -2.20.